The highest BCUT2D eigenvalue weighted by atomic mass is 19.1. The van der Waals surface area contributed by atoms with Crippen LogP contribution in [0.1, 0.15) is 35.7 Å². The lowest BCUT2D eigenvalue weighted by Gasteiger charge is -2.37. The summed E-state index contributed by atoms with van der Waals surface area (Å²) in [6.45, 7) is 1.84. The van der Waals surface area contributed by atoms with Crippen molar-refractivity contribution in [1.82, 2.24) is 10.2 Å². The van der Waals surface area contributed by atoms with E-state index in [4.69, 9.17) is 0 Å². The first-order valence-corrected chi connectivity index (χ1v) is 7.92. The van der Waals surface area contributed by atoms with Crippen LogP contribution in [0.25, 0.3) is 0 Å². The van der Waals surface area contributed by atoms with Gasteiger partial charge in [-0.25, -0.2) is 9.18 Å². The molecule has 6 nitrogen and oxygen atoms in total. The predicted octanol–water partition coefficient (Wildman–Crippen LogP) is 1.44. The Morgan fingerprint density at radius 1 is 1.33 bits per heavy atom. The number of amides is 2. The van der Waals surface area contributed by atoms with Crippen LogP contribution in [0.3, 0.4) is 0 Å². The molecule has 24 heavy (non-hydrogen) atoms. The number of aryl methyl sites for hydroxylation is 1. The van der Waals surface area contributed by atoms with E-state index in [2.05, 4.69) is 5.32 Å². The number of aliphatic carboxylic acids is 1. The van der Waals surface area contributed by atoms with Crippen LogP contribution in [0.5, 0.6) is 0 Å². The normalized spacial score (nSPS) is 20.5. The van der Waals surface area contributed by atoms with Crippen LogP contribution >= 0.6 is 0 Å². The van der Waals surface area contributed by atoms with E-state index in [0.717, 1.165) is 6.07 Å². The van der Waals surface area contributed by atoms with Gasteiger partial charge >= 0.3 is 5.97 Å². The Labute approximate surface area is 139 Å². The van der Waals surface area contributed by atoms with Gasteiger partial charge < -0.3 is 15.3 Å². The summed E-state index contributed by atoms with van der Waals surface area (Å²) < 4.78 is 13.6. The zero-order chi connectivity index (χ0) is 17.9. The predicted molar refractivity (Wildman–Crippen MR) is 85.0 cm³/mol. The fourth-order valence-corrected chi connectivity index (χ4v) is 3.08. The van der Waals surface area contributed by atoms with Gasteiger partial charge in [0, 0.05) is 19.2 Å². The number of carbonyl (C=O) groups excluding carboxylic acids is 2. The van der Waals surface area contributed by atoms with Gasteiger partial charge in [-0.15, -0.1) is 0 Å². The van der Waals surface area contributed by atoms with E-state index in [1.807, 2.05) is 6.92 Å². The standard InChI is InChI=1S/C17H21FN2O4/c1-3-10-4-6-12(18)8-13(10)16(22)20-9-11(15(21)19-2)5-7-14(20)17(23)24/h4,6,8,11,14H,3,5,7,9H2,1-2H3,(H,19,21)(H,23,24)/t11-,14-/m0/s1. The van der Waals surface area contributed by atoms with E-state index in [9.17, 15) is 23.9 Å². The van der Waals surface area contributed by atoms with E-state index >= 15 is 0 Å². The average Bonchev–Trinajstić information content (AvgIpc) is 2.59. The molecule has 0 saturated carbocycles. The number of piperidine rings is 1. The summed E-state index contributed by atoms with van der Waals surface area (Å²) in [4.78, 5) is 37.4. The van der Waals surface area contributed by atoms with Gasteiger partial charge in [0.2, 0.25) is 5.91 Å². The van der Waals surface area contributed by atoms with Crippen molar-refractivity contribution in [3.05, 3.63) is 35.1 Å². The molecule has 1 saturated heterocycles. The minimum Gasteiger partial charge on any atom is -0.480 e. The van der Waals surface area contributed by atoms with Crippen LogP contribution in [0.4, 0.5) is 4.39 Å². The summed E-state index contributed by atoms with van der Waals surface area (Å²) in [5.74, 6) is -2.91. The maximum absolute atomic E-state index is 13.6. The van der Waals surface area contributed by atoms with Crippen LogP contribution in [0.15, 0.2) is 18.2 Å². The summed E-state index contributed by atoms with van der Waals surface area (Å²) in [5.41, 5.74) is 0.800. The van der Waals surface area contributed by atoms with Crippen LogP contribution in [0.2, 0.25) is 0 Å². The second kappa shape index (κ2) is 7.42. The molecule has 1 aromatic rings. The molecule has 130 valence electrons. The van der Waals surface area contributed by atoms with Gasteiger partial charge in [-0.2, -0.15) is 0 Å². The van der Waals surface area contributed by atoms with Gasteiger partial charge in [0.15, 0.2) is 0 Å². The molecule has 0 bridgehead atoms. The van der Waals surface area contributed by atoms with Crippen LogP contribution in [-0.2, 0) is 16.0 Å². The molecule has 0 spiro atoms. The minimum absolute atomic E-state index is 0.00907. The molecule has 2 N–H and O–H groups in total. The van der Waals surface area contributed by atoms with Crippen molar-refractivity contribution >= 4 is 17.8 Å². The number of carbonyl (C=O) groups is 3. The lowest BCUT2D eigenvalue weighted by Crippen LogP contribution is -2.53. The Morgan fingerprint density at radius 2 is 2.04 bits per heavy atom. The number of benzene rings is 1. The van der Waals surface area contributed by atoms with Crippen molar-refractivity contribution in [3.8, 4) is 0 Å². The highest BCUT2D eigenvalue weighted by molar-refractivity contribution is 5.98. The van der Waals surface area contributed by atoms with Crippen LogP contribution in [-0.4, -0.2) is 47.4 Å². The Balaban J connectivity index is 2.36. The third-order valence-corrected chi connectivity index (χ3v) is 4.43. The van der Waals surface area contributed by atoms with E-state index in [1.54, 1.807) is 0 Å². The fourth-order valence-electron chi connectivity index (χ4n) is 3.08. The van der Waals surface area contributed by atoms with Crippen molar-refractivity contribution in [1.29, 1.82) is 0 Å². The summed E-state index contributed by atoms with van der Waals surface area (Å²) in [6.07, 6.45) is 1.10. The number of carboxylic acids is 1. The zero-order valence-corrected chi connectivity index (χ0v) is 13.7. The Morgan fingerprint density at radius 3 is 2.62 bits per heavy atom. The number of nitrogens with one attached hydrogen (secondary N) is 1. The molecular formula is C17H21FN2O4. The average molecular weight is 336 g/mol. The highest BCUT2D eigenvalue weighted by Crippen LogP contribution is 2.26. The molecule has 1 aliphatic heterocycles. The number of halogens is 1. The van der Waals surface area contributed by atoms with E-state index in [-0.39, 0.29) is 24.4 Å². The van der Waals surface area contributed by atoms with Gasteiger partial charge in [-0.3, -0.25) is 9.59 Å². The lowest BCUT2D eigenvalue weighted by atomic mass is 9.90. The maximum atomic E-state index is 13.6. The Bertz CT molecular complexity index is 662. The number of rotatable bonds is 4. The quantitative estimate of drug-likeness (QED) is 0.871. The lowest BCUT2D eigenvalue weighted by molar-refractivity contribution is -0.145. The first-order valence-electron chi connectivity index (χ1n) is 7.92. The largest absolute Gasteiger partial charge is 0.480 e. The molecule has 2 amide bonds. The number of nitrogens with zero attached hydrogens (tertiary/aromatic N) is 1. The molecule has 1 fully saturated rings. The second-order valence-corrected chi connectivity index (χ2v) is 5.86. The number of hydrogen-bond donors (Lipinski definition) is 2. The maximum Gasteiger partial charge on any atom is 0.326 e. The molecule has 0 radical (unpaired) electrons. The third kappa shape index (κ3) is 3.55. The van der Waals surface area contributed by atoms with Crippen LogP contribution < -0.4 is 5.32 Å². The van der Waals surface area contributed by atoms with Crippen LogP contribution in [0, 0.1) is 11.7 Å². The number of hydrogen-bond acceptors (Lipinski definition) is 3. The van der Waals surface area contributed by atoms with E-state index in [0.29, 0.717) is 18.4 Å². The number of likely N-dealkylation sites (tertiary alicyclic amines) is 1. The molecule has 0 unspecified atom stereocenters. The minimum atomic E-state index is -1.12. The van der Waals surface area contributed by atoms with E-state index < -0.39 is 29.7 Å². The molecular weight excluding hydrogens is 315 g/mol. The SMILES string of the molecule is CCc1ccc(F)cc1C(=O)N1C[C@@H](C(=O)NC)CC[C@H]1C(=O)O. The molecule has 2 atom stereocenters. The van der Waals surface area contributed by atoms with Crippen molar-refractivity contribution in [2.45, 2.75) is 32.2 Å². The summed E-state index contributed by atoms with van der Waals surface area (Å²) >= 11 is 0. The summed E-state index contributed by atoms with van der Waals surface area (Å²) in [5, 5.41) is 11.9. The van der Waals surface area contributed by atoms with Gasteiger partial charge in [0.05, 0.1) is 5.92 Å². The topological polar surface area (TPSA) is 86.7 Å². The highest BCUT2D eigenvalue weighted by Gasteiger charge is 2.38. The molecule has 2 rings (SSSR count). The summed E-state index contributed by atoms with van der Waals surface area (Å²) in [7, 11) is 1.50. The molecule has 1 aromatic carbocycles. The molecule has 1 heterocycles. The Hall–Kier alpha value is -2.44. The third-order valence-electron chi connectivity index (χ3n) is 4.43. The number of carboxylic acid groups (broad SMARTS) is 1. The van der Waals surface area contributed by atoms with Gasteiger partial charge in [0.25, 0.3) is 5.91 Å². The van der Waals surface area contributed by atoms with Crippen molar-refractivity contribution in [2.75, 3.05) is 13.6 Å². The van der Waals surface area contributed by atoms with Crippen molar-refractivity contribution < 1.29 is 23.9 Å². The molecule has 1 aliphatic rings. The fraction of sp³-hybridized carbons (Fsp3) is 0.471. The molecule has 7 heteroatoms. The van der Waals surface area contributed by atoms with E-state index in [1.165, 1.54) is 24.1 Å². The molecule has 0 aromatic heterocycles. The zero-order valence-electron chi connectivity index (χ0n) is 13.7. The second-order valence-electron chi connectivity index (χ2n) is 5.86. The van der Waals surface area contributed by atoms with Gasteiger partial charge in [-0.05, 0) is 37.0 Å². The monoisotopic (exact) mass is 336 g/mol. The van der Waals surface area contributed by atoms with Crippen molar-refractivity contribution in [3.63, 3.8) is 0 Å². The first-order chi connectivity index (χ1) is 11.4. The van der Waals surface area contributed by atoms with Gasteiger partial charge in [-0.1, -0.05) is 13.0 Å². The smallest absolute Gasteiger partial charge is 0.326 e. The summed E-state index contributed by atoms with van der Waals surface area (Å²) in [6, 6.07) is 2.92. The van der Waals surface area contributed by atoms with Crippen molar-refractivity contribution in [2.24, 2.45) is 5.92 Å². The Kier molecular flexibility index (Phi) is 5.54. The molecule has 0 aliphatic carbocycles. The first kappa shape index (κ1) is 17.9. The van der Waals surface area contributed by atoms with Gasteiger partial charge in [0.1, 0.15) is 11.9 Å².